The molecular formula is C10H11N5O. The van der Waals surface area contributed by atoms with E-state index >= 15 is 0 Å². The molecule has 0 radical (unpaired) electrons. The number of methoxy groups -OCH3 is 1. The van der Waals surface area contributed by atoms with Crippen LogP contribution in [0.1, 0.15) is 12.6 Å². The lowest BCUT2D eigenvalue weighted by Crippen LogP contribution is -2.01. The van der Waals surface area contributed by atoms with Crippen molar-refractivity contribution in [1.82, 2.24) is 19.9 Å². The number of allylic oxidation sites excluding steroid dienone is 1. The molecule has 0 saturated carbocycles. The van der Waals surface area contributed by atoms with Gasteiger partial charge in [-0.25, -0.2) is 9.97 Å². The zero-order valence-electron chi connectivity index (χ0n) is 9.01. The maximum absolute atomic E-state index is 5.51. The van der Waals surface area contributed by atoms with Crippen LogP contribution in [0, 0.1) is 0 Å². The van der Waals surface area contributed by atoms with Gasteiger partial charge in [0.15, 0.2) is 11.2 Å². The van der Waals surface area contributed by atoms with Gasteiger partial charge in [0, 0.05) is 0 Å². The van der Waals surface area contributed by atoms with Gasteiger partial charge >= 0.3 is 0 Å². The molecule has 0 atom stereocenters. The summed E-state index contributed by atoms with van der Waals surface area (Å²) in [5.41, 5.74) is 7.17. The zero-order valence-corrected chi connectivity index (χ0v) is 9.01. The predicted octanol–water partition coefficient (Wildman–Crippen LogP) is 1.04. The fourth-order valence-electron chi connectivity index (χ4n) is 1.31. The quantitative estimate of drug-likeness (QED) is 0.808. The first kappa shape index (κ1) is 10.3. The van der Waals surface area contributed by atoms with Gasteiger partial charge in [0.2, 0.25) is 11.8 Å². The third-order valence-corrected chi connectivity index (χ3v) is 1.94. The van der Waals surface area contributed by atoms with Crippen molar-refractivity contribution in [1.29, 1.82) is 0 Å². The van der Waals surface area contributed by atoms with E-state index in [0.717, 1.165) is 5.69 Å². The summed E-state index contributed by atoms with van der Waals surface area (Å²) in [7, 11) is 1.51. The molecule has 16 heavy (non-hydrogen) atoms. The first-order valence-corrected chi connectivity index (χ1v) is 4.71. The van der Waals surface area contributed by atoms with Gasteiger partial charge in [-0.05, 0) is 13.0 Å². The van der Waals surface area contributed by atoms with Gasteiger partial charge in [-0.15, -0.1) is 0 Å². The third-order valence-electron chi connectivity index (χ3n) is 1.94. The molecule has 2 N–H and O–H groups in total. The Kier molecular flexibility index (Phi) is 2.63. The monoisotopic (exact) mass is 217 g/mol. The van der Waals surface area contributed by atoms with Crippen molar-refractivity contribution in [2.75, 3.05) is 12.8 Å². The molecule has 0 amide bonds. The van der Waals surface area contributed by atoms with Gasteiger partial charge in [-0.3, -0.25) is 0 Å². The normalized spacial score (nSPS) is 11.1. The highest BCUT2D eigenvalue weighted by atomic mass is 16.5. The molecular weight excluding hydrogens is 206 g/mol. The molecule has 82 valence electrons. The van der Waals surface area contributed by atoms with E-state index in [1.54, 1.807) is 6.20 Å². The molecule has 0 spiro atoms. The Hall–Kier alpha value is -2.24. The van der Waals surface area contributed by atoms with Crippen molar-refractivity contribution in [2.45, 2.75) is 6.92 Å². The second-order valence-corrected chi connectivity index (χ2v) is 3.06. The van der Waals surface area contributed by atoms with Crippen LogP contribution in [0.4, 0.5) is 5.95 Å². The van der Waals surface area contributed by atoms with Crippen molar-refractivity contribution in [3.8, 4) is 5.88 Å². The highest BCUT2D eigenvalue weighted by Gasteiger charge is 2.09. The number of nitrogens with two attached hydrogens (primary N) is 1. The van der Waals surface area contributed by atoms with Crippen LogP contribution >= 0.6 is 0 Å². The minimum Gasteiger partial charge on any atom is -0.479 e. The molecule has 2 heterocycles. The summed E-state index contributed by atoms with van der Waals surface area (Å²) in [5, 5.41) is 0. The van der Waals surface area contributed by atoms with Crippen molar-refractivity contribution in [3.05, 3.63) is 18.0 Å². The van der Waals surface area contributed by atoms with Crippen LogP contribution in [0.25, 0.3) is 17.2 Å². The minimum atomic E-state index is 0.123. The lowest BCUT2D eigenvalue weighted by atomic mass is 10.4. The number of nitrogen functional groups attached to an aromatic ring is 1. The van der Waals surface area contributed by atoms with E-state index in [1.807, 2.05) is 19.1 Å². The maximum atomic E-state index is 5.51. The summed E-state index contributed by atoms with van der Waals surface area (Å²) < 4.78 is 5.08. The number of fused-ring (bicyclic) bond motifs is 1. The SMILES string of the molecule is C/C=C/c1cnc2nc(N)nc(OC)c2n1. The molecule has 2 aromatic rings. The van der Waals surface area contributed by atoms with E-state index in [1.165, 1.54) is 7.11 Å². The van der Waals surface area contributed by atoms with Crippen LogP contribution < -0.4 is 10.5 Å². The molecule has 0 aromatic carbocycles. The minimum absolute atomic E-state index is 0.123. The second-order valence-electron chi connectivity index (χ2n) is 3.06. The molecule has 6 nitrogen and oxygen atoms in total. The average Bonchev–Trinajstić information content (AvgIpc) is 2.29. The predicted molar refractivity (Wildman–Crippen MR) is 60.8 cm³/mol. The summed E-state index contributed by atoms with van der Waals surface area (Å²) in [4.78, 5) is 16.4. The van der Waals surface area contributed by atoms with E-state index in [-0.39, 0.29) is 5.95 Å². The van der Waals surface area contributed by atoms with Crippen molar-refractivity contribution in [2.24, 2.45) is 0 Å². The third kappa shape index (κ3) is 1.77. The first-order valence-electron chi connectivity index (χ1n) is 4.71. The molecule has 0 saturated heterocycles. The van der Waals surface area contributed by atoms with Crippen LogP contribution in [0.3, 0.4) is 0 Å². The summed E-state index contributed by atoms with van der Waals surface area (Å²) in [5.74, 6) is 0.457. The molecule has 2 aromatic heterocycles. The number of anilines is 1. The van der Waals surface area contributed by atoms with Gasteiger partial charge < -0.3 is 10.5 Å². The zero-order chi connectivity index (χ0) is 11.5. The second kappa shape index (κ2) is 4.09. The summed E-state index contributed by atoms with van der Waals surface area (Å²) >= 11 is 0. The van der Waals surface area contributed by atoms with Crippen molar-refractivity contribution >= 4 is 23.2 Å². The fourth-order valence-corrected chi connectivity index (χ4v) is 1.31. The highest BCUT2D eigenvalue weighted by Crippen LogP contribution is 2.19. The van der Waals surface area contributed by atoms with Crippen molar-refractivity contribution in [3.63, 3.8) is 0 Å². The van der Waals surface area contributed by atoms with Gasteiger partial charge in [0.1, 0.15) is 0 Å². The largest absolute Gasteiger partial charge is 0.479 e. The summed E-state index contributed by atoms with van der Waals surface area (Å²) in [6, 6.07) is 0. The average molecular weight is 217 g/mol. The Morgan fingerprint density at radius 1 is 1.31 bits per heavy atom. The number of aromatic nitrogens is 4. The Balaban J connectivity index is 2.70. The summed E-state index contributed by atoms with van der Waals surface area (Å²) in [6.45, 7) is 1.91. The molecule has 0 aliphatic carbocycles. The van der Waals surface area contributed by atoms with Crippen LogP contribution in [-0.2, 0) is 0 Å². The number of nitrogens with zero attached hydrogens (tertiary/aromatic N) is 4. The standard InChI is InChI=1S/C10H11N5O/c1-3-4-6-5-12-8-7(13-6)9(16-2)15-10(11)14-8/h3-5H,1-2H3,(H2,11,12,14,15)/b4-3+. The van der Waals surface area contributed by atoms with Crippen molar-refractivity contribution < 1.29 is 4.74 Å². The number of ether oxygens (including phenoxy) is 1. The number of hydrogen-bond donors (Lipinski definition) is 1. The lowest BCUT2D eigenvalue weighted by Gasteiger charge is -2.03. The fraction of sp³-hybridized carbons (Fsp3) is 0.200. The Labute approximate surface area is 92.2 Å². The van der Waals surface area contributed by atoms with Crippen LogP contribution in [-0.4, -0.2) is 27.0 Å². The van der Waals surface area contributed by atoms with E-state index in [4.69, 9.17) is 10.5 Å². The summed E-state index contributed by atoms with van der Waals surface area (Å²) in [6.07, 6.45) is 5.33. The van der Waals surface area contributed by atoms with Crippen LogP contribution in [0.15, 0.2) is 12.3 Å². The van der Waals surface area contributed by atoms with E-state index in [9.17, 15) is 0 Å². The Morgan fingerprint density at radius 3 is 2.81 bits per heavy atom. The molecule has 2 rings (SSSR count). The lowest BCUT2D eigenvalue weighted by molar-refractivity contribution is 0.402. The topological polar surface area (TPSA) is 86.8 Å². The molecule has 0 bridgehead atoms. The molecule has 0 unspecified atom stereocenters. The van der Waals surface area contributed by atoms with Crippen LogP contribution in [0.2, 0.25) is 0 Å². The smallest absolute Gasteiger partial charge is 0.246 e. The number of hydrogen-bond acceptors (Lipinski definition) is 6. The number of rotatable bonds is 2. The first-order chi connectivity index (χ1) is 7.74. The van der Waals surface area contributed by atoms with Gasteiger partial charge in [0.25, 0.3) is 0 Å². The van der Waals surface area contributed by atoms with E-state index < -0.39 is 0 Å². The highest BCUT2D eigenvalue weighted by molar-refractivity contribution is 5.77. The maximum Gasteiger partial charge on any atom is 0.246 e. The molecule has 0 aliphatic rings. The molecule has 0 fully saturated rings. The van der Waals surface area contributed by atoms with Gasteiger partial charge in [0.05, 0.1) is 19.0 Å². The Morgan fingerprint density at radius 2 is 2.12 bits per heavy atom. The molecule has 0 aliphatic heterocycles. The van der Waals surface area contributed by atoms with Crippen LogP contribution in [0.5, 0.6) is 5.88 Å². The molecule has 6 heteroatoms. The Bertz CT molecular complexity index is 552. The van der Waals surface area contributed by atoms with Gasteiger partial charge in [-0.1, -0.05) is 6.08 Å². The van der Waals surface area contributed by atoms with E-state index in [2.05, 4.69) is 19.9 Å². The van der Waals surface area contributed by atoms with E-state index in [0.29, 0.717) is 17.0 Å². The van der Waals surface area contributed by atoms with Gasteiger partial charge in [-0.2, -0.15) is 9.97 Å².